The first-order valence-electron chi connectivity index (χ1n) is 13.8. The molecular weight excluding hydrogens is 604 g/mol. The van der Waals surface area contributed by atoms with Crippen LogP contribution in [0.4, 0.5) is 32.0 Å². The number of benzene rings is 3. The summed E-state index contributed by atoms with van der Waals surface area (Å²) in [6, 6.07) is 15.4. The van der Waals surface area contributed by atoms with Crippen molar-refractivity contribution < 1.29 is 45.5 Å². The van der Waals surface area contributed by atoms with Crippen molar-refractivity contribution in [3.8, 4) is 0 Å². The molecule has 5 rings (SSSR count). The van der Waals surface area contributed by atoms with Crippen LogP contribution in [-0.4, -0.2) is 46.9 Å². The van der Waals surface area contributed by atoms with E-state index in [0.717, 1.165) is 5.39 Å². The number of anilines is 1. The van der Waals surface area contributed by atoms with Crippen LogP contribution in [0.2, 0.25) is 0 Å². The highest BCUT2D eigenvalue weighted by Gasteiger charge is 2.39. The summed E-state index contributed by atoms with van der Waals surface area (Å²) >= 11 is 0. The number of rotatable bonds is 7. The van der Waals surface area contributed by atoms with E-state index in [0.29, 0.717) is 35.3 Å². The zero-order valence-corrected chi connectivity index (χ0v) is 23.4. The number of nitrogens with zero attached hydrogens (tertiary/aromatic N) is 2. The van der Waals surface area contributed by atoms with Gasteiger partial charge in [0.25, 0.3) is 5.91 Å². The van der Waals surface area contributed by atoms with Gasteiger partial charge in [0.1, 0.15) is 6.10 Å². The van der Waals surface area contributed by atoms with Crippen molar-refractivity contribution in [1.82, 2.24) is 9.88 Å². The maximum Gasteiger partial charge on any atom is 0.416 e. The molecule has 4 aromatic rings. The first-order valence-corrected chi connectivity index (χ1v) is 13.8. The van der Waals surface area contributed by atoms with Gasteiger partial charge in [-0.3, -0.25) is 14.6 Å². The van der Waals surface area contributed by atoms with Gasteiger partial charge in [0, 0.05) is 48.3 Å². The Balaban J connectivity index is 1.42. The number of pyridine rings is 1. The minimum atomic E-state index is -5.12. The van der Waals surface area contributed by atoms with E-state index >= 15 is 0 Å². The lowest BCUT2D eigenvalue weighted by molar-refractivity contribution is -0.143. The topological polar surface area (TPSA) is 88.6 Å². The fourth-order valence-corrected chi connectivity index (χ4v) is 5.31. The molecule has 1 N–H and O–H groups in total. The Bertz CT molecular complexity index is 1690. The number of piperidine rings is 1. The molecule has 0 unspecified atom stereocenters. The highest BCUT2D eigenvalue weighted by Crippen LogP contribution is 2.37. The lowest BCUT2D eigenvalue weighted by Gasteiger charge is -2.39. The van der Waals surface area contributed by atoms with Crippen molar-refractivity contribution in [2.45, 2.75) is 43.8 Å². The van der Waals surface area contributed by atoms with Gasteiger partial charge in [-0.2, -0.15) is 26.3 Å². The maximum absolute atomic E-state index is 13.6. The number of alkyl halides is 6. The van der Waals surface area contributed by atoms with Crippen molar-refractivity contribution in [2.75, 3.05) is 11.9 Å². The third kappa shape index (κ3) is 7.41. The molecule has 3 aromatic carbocycles. The minimum Gasteiger partial charge on any atom is -0.459 e. The number of amides is 2. The third-order valence-corrected chi connectivity index (χ3v) is 7.51. The number of esters is 1. The van der Waals surface area contributed by atoms with Crippen LogP contribution >= 0.6 is 0 Å². The number of hydrogen-bond donors (Lipinski definition) is 1. The SMILES string of the molecule is O=CNc1ccc(C[C@@H]2C[C@@H](OC(=O)c3cnc4ccccc4c3)CCN2C(=O)c2cc(C(F)(F)F)cc(C(F)(F)F)c2)cc1. The highest BCUT2D eigenvalue weighted by molar-refractivity contribution is 5.95. The van der Waals surface area contributed by atoms with E-state index in [1.54, 1.807) is 54.6 Å². The first-order chi connectivity index (χ1) is 21.3. The monoisotopic (exact) mass is 629 g/mol. The van der Waals surface area contributed by atoms with E-state index in [-0.39, 0.29) is 37.4 Å². The molecule has 7 nitrogen and oxygen atoms in total. The van der Waals surface area contributed by atoms with Crippen LogP contribution in [0.3, 0.4) is 0 Å². The fourth-order valence-electron chi connectivity index (χ4n) is 5.31. The van der Waals surface area contributed by atoms with E-state index in [2.05, 4.69) is 10.3 Å². The van der Waals surface area contributed by atoms with Gasteiger partial charge < -0.3 is 15.0 Å². The van der Waals surface area contributed by atoms with Gasteiger partial charge in [-0.05, 0) is 54.4 Å². The zero-order chi connectivity index (χ0) is 32.4. The molecule has 0 spiro atoms. The predicted molar refractivity (Wildman–Crippen MR) is 151 cm³/mol. The summed E-state index contributed by atoms with van der Waals surface area (Å²) in [5.41, 5.74) is -1.91. The van der Waals surface area contributed by atoms with Gasteiger partial charge in [-0.25, -0.2) is 4.79 Å². The summed E-state index contributed by atoms with van der Waals surface area (Å²) in [4.78, 5) is 42.9. The summed E-state index contributed by atoms with van der Waals surface area (Å²) < 4.78 is 86.9. The normalized spacial score (nSPS) is 17.2. The average Bonchev–Trinajstić information content (AvgIpc) is 3.00. The number of carbonyl (C=O) groups is 3. The Labute approximate surface area is 252 Å². The average molecular weight is 630 g/mol. The molecule has 0 saturated carbocycles. The largest absolute Gasteiger partial charge is 0.459 e. The van der Waals surface area contributed by atoms with Gasteiger partial charge in [-0.1, -0.05) is 30.3 Å². The smallest absolute Gasteiger partial charge is 0.416 e. The summed E-state index contributed by atoms with van der Waals surface area (Å²) in [6.07, 6.45) is -8.77. The van der Waals surface area contributed by atoms with Crippen molar-refractivity contribution in [3.63, 3.8) is 0 Å². The molecule has 1 aliphatic heterocycles. The molecule has 1 fully saturated rings. The van der Waals surface area contributed by atoms with Crippen molar-refractivity contribution in [2.24, 2.45) is 0 Å². The standard InChI is InChI=1S/C32H25F6N3O4/c33-31(34,35)23-13-21(14-24(15-23)32(36,37)38)29(43)41-10-9-27(16-26(41)11-19-5-7-25(8-6-19)40-18-42)45-30(44)22-12-20-3-1-2-4-28(20)39-17-22/h1-8,12-15,17-18,26-27H,9-11,16H2,(H,40,42)/t26-,27+/m1/s1. The van der Waals surface area contributed by atoms with E-state index in [1.807, 2.05) is 0 Å². The molecule has 0 bridgehead atoms. The van der Waals surface area contributed by atoms with Gasteiger partial charge >= 0.3 is 18.3 Å². The number of aromatic nitrogens is 1. The minimum absolute atomic E-state index is 0.0312. The lowest BCUT2D eigenvalue weighted by atomic mass is 9.92. The molecule has 2 amide bonds. The van der Waals surface area contributed by atoms with Crippen LogP contribution in [0.5, 0.6) is 0 Å². The number of likely N-dealkylation sites (tertiary alicyclic amines) is 1. The Morgan fingerprint density at radius 3 is 2.22 bits per heavy atom. The number of carbonyl (C=O) groups excluding carboxylic acids is 3. The van der Waals surface area contributed by atoms with Gasteiger partial charge in [0.15, 0.2) is 0 Å². The summed E-state index contributed by atoms with van der Waals surface area (Å²) in [6.45, 7) is -0.0974. The second-order valence-electron chi connectivity index (χ2n) is 10.6. The summed E-state index contributed by atoms with van der Waals surface area (Å²) in [7, 11) is 0. The summed E-state index contributed by atoms with van der Waals surface area (Å²) in [5.74, 6) is -1.67. The highest BCUT2D eigenvalue weighted by atomic mass is 19.4. The maximum atomic E-state index is 13.6. The fraction of sp³-hybridized carbons (Fsp3) is 0.250. The van der Waals surface area contributed by atoms with Crippen LogP contribution in [-0.2, 0) is 28.3 Å². The molecule has 2 heterocycles. The van der Waals surface area contributed by atoms with Gasteiger partial charge in [-0.15, -0.1) is 0 Å². The number of ether oxygens (including phenoxy) is 1. The molecule has 13 heteroatoms. The number of fused-ring (bicyclic) bond motifs is 1. The molecule has 45 heavy (non-hydrogen) atoms. The third-order valence-electron chi connectivity index (χ3n) is 7.51. The Kier molecular flexibility index (Phi) is 8.80. The molecule has 1 aliphatic rings. The molecule has 0 aliphatic carbocycles. The molecule has 2 atom stereocenters. The predicted octanol–water partition coefficient (Wildman–Crippen LogP) is 6.91. The Morgan fingerprint density at radius 2 is 1.58 bits per heavy atom. The Morgan fingerprint density at radius 1 is 0.911 bits per heavy atom. The van der Waals surface area contributed by atoms with Crippen molar-refractivity contribution in [3.05, 3.63) is 107 Å². The first kappa shape index (κ1) is 31.5. The number of halogens is 6. The van der Waals surface area contributed by atoms with Crippen LogP contribution < -0.4 is 5.32 Å². The van der Waals surface area contributed by atoms with E-state index < -0.39 is 53.1 Å². The summed E-state index contributed by atoms with van der Waals surface area (Å²) in [5, 5.41) is 3.21. The van der Waals surface area contributed by atoms with Gasteiger partial charge in [0.2, 0.25) is 6.41 Å². The van der Waals surface area contributed by atoms with Crippen molar-refractivity contribution >= 4 is 34.9 Å². The number of nitrogens with one attached hydrogen (secondary N) is 1. The molecule has 1 aromatic heterocycles. The van der Waals surface area contributed by atoms with Gasteiger partial charge in [0.05, 0.1) is 22.2 Å². The van der Waals surface area contributed by atoms with Crippen LogP contribution in [0.15, 0.2) is 79.0 Å². The lowest BCUT2D eigenvalue weighted by Crippen LogP contribution is -2.49. The number of para-hydroxylation sites is 1. The number of hydrogen-bond acceptors (Lipinski definition) is 5. The van der Waals surface area contributed by atoms with E-state index in [9.17, 15) is 40.7 Å². The molecule has 234 valence electrons. The molecule has 1 saturated heterocycles. The second-order valence-corrected chi connectivity index (χ2v) is 10.6. The zero-order valence-electron chi connectivity index (χ0n) is 23.4. The molecular formula is C32H25F6N3O4. The van der Waals surface area contributed by atoms with Crippen LogP contribution in [0, 0.1) is 0 Å². The quantitative estimate of drug-likeness (QED) is 0.136. The Hall–Kier alpha value is -4.94. The molecule has 0 radical (unpaired) electrons. The van der Waals surface area contributed by atoms with Crippen LogP contribution in [0.25, 0.3) is 10.9 Å². The van der Waals surface area contributed by atoms with Crippen molar-refractivity contribution in [1.29, 1.82) is 0 Å². The van der Waals surface area contributed by atoms with E-state index in [1.165, 1.54) is 11.1 Å². The van der Waals surface area contributed by atoms with Crippen LogP contribution in [0.1, 0.15) is 50.2 Å². The van der Waals surface area contributed by atoms with E-state index in [4.69, 9.17) is 4.74 Å². The second kappa shape index (κ2) is 12.6.